The highest BCUT2D eigenvalue weighted by Crippen LogP contribution is 2.41. The number of esters is 1. The molecule has 2 aliphatic rings. The Kier molecular flexibility index (Phi) is 4.62. The third-order valence-corrected chi connectivity index (χ3v) is 4.55. The minimum atomic E-state index is -0.321. The van der Waals surface area contributed by atoms with Crippen LogP contribution in [0.4, 0.5) is 0 Å². The van der Waals surface area contributed by atoms with E-state index in [1.165, 1.54) is 12.8 Å². The van der Waals surface area contributed by atoms with E-state index in [-0.39, 0.29) is 11.5 Å². The van der Waals surface area contributed by atoms with Crippen molar-refractivity contribution in [2.24, 2.45) is 5.92 Å². The highest BCUT2D eigenvalue weighted by Gasteiger charge is 2.50. The molecule has 2 rings (SSSR count). The summed E-state index contributed by atoms with van der Waals surface area (Å²) in [4.78, 5) is 14.8. The first-order valence-corrected chi connectivity index (χ1v) is 7.36. The van der Waals surface area contributed by atoms with Crippen LogP contribution in [0.1, 0.15) is 39.5 Å². The maximum Gasteiger partial charge on any atom is 0.326 e. The molecule has 2 unspecified atom stereocenters. The zero-order chi connectivity index (χ0) is 13.0. The van der Waals surface area contributed by atoms with Gasteiger partial charge in [-0.25, -0.2) is 0 Å². The largest absolute Gasteiger partial charge is 0.465 e. The Bertz CT molecular complexity index is 290. The second kappa shape index (κ2) is 6.02. The van der Waals surface area contributed by atoms with Crippen molar-refractivity contribution in [3.8, 4) is 0 Å². The normalized spacial score (nSPS) is 33.6. The van der Waals surface area contributed by atoms with Crippen LogP contribution in [0.2, 0.25) is 0 Å². The van der Waals surface area contributed by atoms with Gasteiger partial charge in [-0.3, -0.25) is 9.69 Å². The second-order valence-corrected chi connectivity index (χ2v) is 5.51. The highest BCUT2D eigenvalue weighted by molar-refractivity contribution is 5.81. The Hall–Kier alpha value is -0.610. The fraction of sp³-hybridized carbons (Fsp3) is 0.929. The van der Waals surface area contributed by atoms with Crippen LogP contribution >= 0.6 is 0 Å². The second-order valence-electron chi connectivity index (χ2n) is 5.51. The van der Waals surface area contributed by atoms with Crippen LogP contribution in [-0.2, 0) is 9.53 Å². The Labute approximate surface area is 110 Å². The smallest absolute Gasteiger partial charge is 0.326 e. The van der Waals surface area contributed by atoms with Crippen molar-refractivity contribution >= 4 is 5.97 Å². The lowest BCUT2D eigenvalue weighted by molar-refractivity contribution is -0.158. The zero-order valence-corrected chi connectivity index (χ0v) is 11.7. The molecule has 0 aromatic heterocycles. The molecule has 1 saturated heterocycles. The zero-order valence-electron chi connectivity index (χ0n) is 11.7. The molecule has 104 valence electrons. The van der Waals surface area contributed by atoms with Gasteiger partial charge in [0.05, 0.1) is 6.61 Å². The van der Waals surface area contributed by atoms with Gasteiger partial charge in [0, 0.05) is 26.2 Å². The number of carbonyl (C=O) groups is 1. The summed E-state index contributed by atoms with van der Waals surface area (Å²) in [5.41, 5.74) is -0.321. The summed E-state index contributed by atoms with van der Waals surface area (Å²) < 4.78 is 5.37. The van der Waals surface area contributed by atoms with E-state index in [2.05, 4.69) is 17.1 Å². The standard InChI is InChI=1S/C14H26N2O2/c1-3-12-5-6-14(11-12,13(17)18-4-2)16-9-7-15-8-10-16/h12,15H,3-11H2,1-2H3. The molecule has 1 saturated carbocycles. The van der Waals surface area contributed by atoms with Gasteiger partial charge in [0.1, 0.15) is 5.54 Å². The summed E-state index contributed by atoms with van der Waals surface area (Å²) in [6, 6.07) is 0. The number of nitrogens with one attached hydrogen (secondary N) is 1. The number of carbonyl (C=O) groups excluding carboxylic acids is 1. The molecule has 0 spiro atoms. The van der Waals surface area contributed by atoms with Crippen LogP contribution in [0.3, 0.4) is 0 Å². The van der Waals surface area contributed by atoms with Crippen LogP contribution < -0.4 is 5.32 Å². The minimum absolute atomic E-state index is 0.0165. The number of hydrogen-bond donors (Lipinski definition) is 1. The monoisotopic (exact) mass is 254 g/mol. The van der Waals surface area contributed by atoms with Crippen molar-refractivity contribution in [2.45, 2.75) is 45.1 Å². The van der Waals surface area contributed by atoms with E-state index in [4.69, 9.17) is 4.74 Å². The van der Waals surface area contributed by atoms with Gasteiger partial charge in [-0.05, 0) is 32.1 Å². The Balaban J connectivity index is 2.14. The van der Waals surface area contributed by atoms with E-state index >= 15 is 0 Å². The van der Waals surface area contributed by atoms with Crippen molar-refractivity contribution in [3.63, 3.8) is 0 Å². The number of hydrogen-bond acceptors (Lipinski definition) is 4. The number of ether oxygens (including phenoxy) is 1. The lowest BCUT2D eigenvalue weighted by Crippen LogP contribution is -2.59. The van der Waals surface area contributed by atoms with Gasteiger partial charge in [-0.15, -0.1) is 0 Å². The third kappa shape index (κ3) is 2.54. The molecule has 0 aromatic carbocycles. The molecule has 1 aliphatic heterocycles. The van der Waals surface area contributed by atoms with Gasteiger partial charge < -0.3 is 10.1 Å². The van der Waals surface area contributed by atoms with Crippen molar-refractivity contribution in [2.75, 3.05) is 32.8 Å². The molecule has 1 aliphatic carbocycles. The van der Waals surface area contributed by atoms with E-state index < -0.39 is 0 Å². The van der Waals surface area contributed by atoms with E-state index in [1.54, 1.807) is 0 Å². The molecule has 1 N–H and O–H groups in total. The minimum Gasteiger partial charge on any atom is -0.465 e. The van der Waals surface area contributed by atoms with Gasteiger partial charge in [0.15, 0.2) is 0 Å². The lowest BCUT2D eigenvalue weighted by Gasteiger charge is -2.41. The summed E-state index contributed by atoms with van der Waals surface area (Å²) in [5.74, 6) is 0.701. The summed E-state index contributed by atoms with van der Waals surface area (Å²) in [6.07, 6.45) is 4.30. The first-order chi connectivity index (χ1) is 8.73. The van der Waals surface area contributed by atoms with E-state index in [9.17, 15) is 4.79 Å². The number of rotatable bonds is 4. The van der Waals surface area contributed by atoms with E-state index in [1.807, 2.05) is 6.92 Å². The molecular formula is C14H26N2O2. The summed E-state index contributed by atoms with van der Waals surface area (Å²) in [5, 5.41) is 3.36. The maximum atomic E-state index is 12.4. The molecule has 4 nitrogen and oxygen atoms in total. The lowest BCUT2D eigenvalue weighted by atomic mass is 9.92. The van der Waals surface area contributed by atoms with Crippen LogP contribution in [0.5, 0.6) is 0 Å². The fourth-order valence-corrected chi connectivity index (χ4v) is 3.43. The van der Waals surface area contributed by atoms with Crippen LogP contribution in [0.25, 0.3) is 0 Å². The summed E-state index contributed by atoms with van der Waals surface area (Å²) in [7, 11) is 0. The molecule has 2 fully saturated rings. The van der Waals surface area contributed by atoms with E-state index in [0.29, 0.717) is 12.5 Å². The quantitative estimate of drug-likeness (QED) is 0.770. The molecule has 4 heteroatoms. The SMILES string of the molecule is CCOC(=O)C1(N2CCNCC2)CCC(CC)C1. The Morgan fingerprint density at radius 2 is 2.11 bits per heavy atom. The topological polar surface area (TPSA) is 41.6 Å². The van der Waals surface area contributed by atoms with Gasteiger partial charge in [-0.2, -0.15) is 0 Å². The third-order valence-electron chi connectivity index (χ3n) is 4.55. The van der Waals surface area contributed by atoms with Crippen LogP contribution in [0, 0.1) is 5.92 Å². The number of piperazine rings is 1. The van der Waals surface area contributed by atoms with Gasteiger partial charge >= 0.3 is 5.97 Å². The van der Waals surface area contributed by atoms with Gasteiger partial charge in [-0.1, -0.05) is 13.3 Å². The summed E-state index contributed by atoms with van der Waals surface area (Å²) in [6.45, 7) is 8.52. The van der Waals surface area contributed by atoms with Crippen molar-refractivity contribution < 1.29 is 9.53 Å². The summed E-state index contributed by atoms with van der Waals surface area (Å²) >= 11 is 0. The fourth-order valence-electron chi connectivity index (χ4n) is 3.43. The van der Waals surface area contributed by atoms with Crippen molar-refractivity contribution in [1.82, 2.24) is 10.2 Å². The van der Waals surface area contributed by atoms with Crippen molar-refractivity contribution in [3.05, 3.63) is 0 Å². The van der Waals surface area contributed by atoms with Crippen LogP contribution in [0.15, 0.2) is 0 Å². The molecule has 18 heavy (non-hydrogen) atoms. The molecule has 2 atom stereocenters. The predicted octanol–water partition coefficient (Wildman–Crippen LogP) is 1.40. The first kappa shape index (κ1) is 13.8. The molecule has 0 amide bonds. The molecule has 0 aromatic rings. The number of nitrogens with zero attached hydrogens (tertiary/aromatic N) is 1. The Morgan fingerprint density at radius 1 is 1.39 bits per heavy atom. The molecule has 0 radical (unpaired) electrons. The first-order valence-electron chi connectivity index (χ1n) is 7.36. The Morgan fingerprint density at radius 3 is 2.67 bits per heavy atom. The molecule has 0 bridgehead atoms. The van der Waals surface area contributed by atoms with Gasteiger partial charge in [0.2, 0.25) is 0 Å². The predicted molar refractivity (Wildman–Crippen MR) is 71.4 cm³/mol. The van der Waals surface area contributed by atoms with E-state index in [0.717, 1.165) is 39.0 Å². The average molecular weight is 254 g/mol. The molecular weight excluding hydrogens is 228 g/mol. The van der Waals surface area contributed by atoms with Gasteiger partial charge in [0.25, 0.3) is 0 Å². The average Bonchev–Trinajstić information content (AvgIpc) is 2.86. The van der Waals surface area contributed by atoms with Crippen molar-refractivity contribution in [1.29, 1.82) is 0 Å². The van der Waals surface area contributed by atoms with Crippen LogP contribution in [-0.4, -0.2) is 49.2 Å². The maximum absolute atomic E-state index is 12.4. The molecule has 1 heterocycles. The highest BCUT2D eigenvalue weighted by atomic mass is 16.5.